The van der Waals surface area contributed by atoms with Crippen LogP contribution < -0.4 is 5.32 Å². The average Bonchev–Trinajstić information content (AvgIpc) is 2.40. The van der Waals surface area contributed by atoms with Gasteiger partial charge >= 0.3 is 0 Å². The Hall–Kier alpha value is -1.33. The van der Waals surface area contributed by atoms with Gasteiger partial charge in [0.2, 0.25) is 0 Å². The van der Waals surface area contributed by atoms with E-state index >= 15 is 0 Å². The largest absolute Gasteiger partial charge is 0.382 e. The molecular formula is C13H17ClN2O3. The summed E-state index contributed by atoms with van der Waals surface area (Å²) in [7, 11) is 0. The van der Waals surface area contributed by atoms with E-state index in [9.17, 15) is 10.1 Å². The van der Waals surface area contributed by atoms with E-state index in [4.69, 9.17) is 16.3 Å². The molecule has 0 aromatic heterocycles. The molecule has 0 aliphatic carbocycles. The Morgan fingerprint density at radius 3 is 2.95 bits per heavy atom. The molecule has 19 heavy (non-hydrogen) atoms. The van der Waals surface area contributed by atoms with Gasteiger partial charge in [-0.1, -0.05) is 11.6 Å². The Bertz CT molecular complexity index is 473. The maximum absolute atomic E-state index is 10.8. The second kappa shape index (κ2) is 6.21. The first-order valence-corrected chi connectivity index (χ1v) is 6.75. The molecule has 0 amide bonds. The molecule has 1 saturated heterocycles. The predicted octanol–water partition coefficient (Wildman–Crippen LogP) is 3.54. The molecule has 104 valence electrons. The monoisotopic (exact) mass is 284 g/mol. The molecule has 0 spiro atoms. The minimum atomic E-state index is -0.469. The van der Waals surface area contributed by atoms with Crippen LogP contribution in [-0.4, -0.2) is 24.2 Å². The van der Waals surface area contributed by atoms with E-state index < -0.39 is 4.92 Å². The maximum atomic E-state index is 10.8. The van der Waals surface area contributed by atoms with Crippen LogP contribution in [0.2, 0.25) is 5.02 Å². The normalized spacial score (nSPS) is 19.2. The molecule has 1 atom stereocenters. The summed E-state index contributed by atoms with van der Waals surface area (Å²) in [6.45, 7) is 3.34. The first-order valence-electron chi connectivity index (χ1n) is 6.38. The first-order chi connectivity index (χ1) is 9.08. The lowest BCUT2D eigenvalue weighted by Gasteiger charge is -2.23. The summed E-state index contributed by atoms with van der Waals surface area (Å²) in [5.41, 5.74) is 1.58. The number of nitrogens with zero attached hydrogens (tertiary/aromatic N) is 1. The van der Waals surface area contributed by atoms with Gasteiger partial charge in [-0.3, -0.25) is 10.1 Å². The van der Waals surface area contributed by atoms with Gasteiger partial charge in [0.05, 0.1) is 11.0 Å². The van der Waals surface area contributed by atoms with Crippen molar-refractivity contribution in [3.63, 3.8) is 0 Å². The van der Waals surface area contributed by atoms with Gasteiger partial charge in [0.1, 0.15) is 5.02 Å². The number of hydrogen-bond donors (Lipinski definition) is 1. The zero-order chi connectivity index (χ0) is 13.8. The number of hydrogen-bond acceptors (Lipinski definition) is 4. The van der Waals surface area contributed by atoms with Crippen molar-refractivity contribution >= 4 is 23.0 Å². The van der Waals surface area contributed by atoms with E-state index in [1.54, 1.807) is 6.07 Å². The molecule has 2 rings (SSSR count). The molecule has 1 heterocycles. The second-order valence-electron chi connectivity index (χ2n) is 4.75. The van der Waals surface area contributed by atoms with Crippen molar-refractivity contribution in [1.29, 1.82) is 0 Å². The van der Waals surface area contributed by atoms with Crippen LogP contribution in [0.4, 0.5) is 11.4 Å². The summed E-state index contributed by atoms with van der Waals surface area (Å²) < 4.78 is 5.63. The fraction of sp³-hybridized carbons (Fsp3) is 0.538. The van der Waals surface area contributed by atoms with Gasteiger partial charge in [0.15, 0.2) is 0 Å². The van der Waals surface area contributed by atoms with E-state index in [1.807, 2.05) is 6.92 Å². The summed E-state index contributed by atoms with van der Waals surface area (Å²) in [6.07, 6.45) is 3.57. The Morgan fingerprint density at radius 1 is 1.53 bits per heavy atom. The molecule has 1 fully saturated rings. The molecule has 1 aromatic rings. The minimum absolute atomic E-state index is 0.0568. The smallest absolute Gasteiger partial charge is 0.288 e. The molecule has 6 heteroatoms. The van der Waals surface area contributed by atoms with Crippen molar-refractivity contribution in [1.82, 2.24) is 0 Å². The summed E-state index contributed by atoms with van der Waals surface area (Å²) in [6, 6.07) is 3.10. The zero-order valence-electron chi connectivity index (χ0n) is 10.8. The van der Waals surface area contributed by atoms with Crippen LogP contribution >= 0.6 is 11.6 Å². The van der Waals surface area contributed by atoms with Crippen LogP contribution in [0.3, 0.4) is 0 Å². The fourth-order valence-electron chi connectivity index (χ4n) is 2.19. The summed E-state index contributed by atoms with van der Waals surface area (Å²) in [5.74, 6) is 0. The van der Waals surface area contributed by atoms with Gasteiger partial charge in [0.25, 0.3) is 5.69 Å². The molecule has 0 saturated carbocycles. The van der Waals surface area contributed by atoms with Crippen molar-refractivity contribution in [3.05, 3.63) is 32.8 Å². The van der Waals surface area contributed by atoms with Crippen molar-refractivity contribution in [3.8, 4) is 0 Å². The molecular weight excluding hydrogens is 268 g/mol. The SMILES string of the molecule is Cc1cc([N+](=O)[O-])c(Cl)cc1NCC1CCCCO1. The van der Waals surface area contributed by atoms with Crippen molar-refractivity contribution < 1.29 is 9.66 Å². The van der Waals surface area contributed by atoms with Crippen LogP contribution in [-0.2, 0) is 4.74 Å². The Morgan fingerprint density at radius 2 is 2.32 bits per heavy atom. The van der Waals surface area contributed by atoms with Crippen molar-refractivity contribution in [2.75, 3.05) is 18.5 Å². The number of nitro groups is 1. The lowest BCUT2D eigenvalue weighted by atomic mass is 10.1. The number of nitrogens with one attached hydrogen (secondary N) is 1. The third kappa shape index (κ3) is 3.58. The van der Waals surface area contributed by atoms with Crippen LogP contribution in [0.15, 0.2) is 12.1 Å². The number of nitro benzene ring substituents is 1. The van der Waals surface area contributed by atoms with Crippen LogP contribution in [0.5, 0.6) is 0 Å². The summed E-state index contributed by atoms with van der Waals surface area (Å²) >= 11 is 5.90. The van der Waals surface area contributed by atoms with Crippen LogP contribution in [0, 0.1) is 17.0 Å². The highest BCUT2D eigenvalue weighted by molar-refractivity contribution is 6.33. The fourth-order valence-corrected chi connectivity index (χ4v) is 2.42. The highest BCUT2D eigenvalue weighted by atomic mass is 35.5. The summed E-state index contributed by atoms with van der Waals surface area (Å²) in [5, 5.41) is 14.2. The minimum Gasteiger partial charge on any atom is -0.382 e. The highest BCUT2D eigenvalue weighted by Crippen LogP contribution is 2.30. The maximum Gasteiger partial charge on any atom is 0.288 e. The van der Waals surface area contributed by atoms with Gasteiger partial charge in [-0.25, -0.2) is 0 Å². The number of benzene rings is 1. The topological polar surface area (TPSA) is 64.4 Å². The molecule has 1 aliphatic heterocycles. The number of aryl methyl sites for hydroxylation is 1. The Kier molecular flexibility index (Phi) is 4.61. The third-order valence-electron chi connectivity index (χ3n) is 3.28. The van der Waals surface area contributed by atoms with E-state index in [0.717, 1.165) is 30.7 Å². The van der Waals surface area contributed by atoms with Gasteiger partial charge in [-0.2, -0.15) is 0 Å². The molecule has 1 aliphatic rings. The van der Waals surface area contributed by atoms with Crippen LogP contribution in [0.1, 0.15) is 24.8 Å². The van der Waals surface area contributed by atoms with Gasteiger partial charge in [0, 0.05) is 24.9 Å². The molecule has 1 aromatic carbocycles. The average molecular weight is 285 g/mol. The molecule has 1 N–H and O–H groups in total. The molecule has 1 unspecified atom stereocenters. The predicted molar refractivity (Wildman–Crippen MR) is 74.9 cm³/mol. The number of anilines is 1. The summed E-state index contributed by atoms with van der Waals surface area (Å²) in [4.78, 5) is 10.3. The lowest BCUT2D eigenvalue weighted by Crippen LogP contribution is -2.27. The number of ether oxygens (including phenoxy) is 1. The van der Waals surface area contributed by atoms with Gasteiger partial charge in [-0.05, 0) is 37.8 Å². The standard InChI is InChI=1S/C13H17ClN2O3/c1-9-6-13(16(17)18)11(14)7-12(9)15-8-10-4-2-3-5-19-10/h6-7,10,15H,2-5,8H2,1H3. The molecule has 5 nitrogen and oxygen atoms in total. The Labute approximate surface area is 117 Å². The van der Waals surface area contributed by atoms with Crippen molar-refractivity contribution in [2.45, 2.75) is 32.3 Å². The lowest BCUT2D eigenvalue weighted by molar-refractivity contribution is -0.384. The van der Waals surface area contributed by atoms with E-state index in [-0.39, 0.29) is 16.8 Å². The van der Waals surface area contributed by atoms with E-state index in [2.05, 4.69) is 5.32 Å². The van der Waals surface area contributed by atoms with Gasteiger partial charge in [-0.15, -0.1) is 0 Å². The van der Waals surface area contributed by atoms with E-state index in [1.165, 1.54) is 12.5 Å². The molecule has 0 radical (unpaired) electrons. The quantitative estimate of drug-likeness (QED) is 0.678. The number of rotatable bonds is 4. The highest BCUT2D eigenvalue weighted by Gasteiger charge is 2.17. The van der Waals surface area contributed by atoms with Crippen molar-refractivity contribution in [2.24, 2.45) is 0 Å². The zero-order valence-corrected chi connectivity index (χ0v) is 11.6. The third-order valence-corrected chi connectivity index (χ3v) is 3.59. The molecule has 0 bridgehead atoms. The first kappa shape index (κ1) is 14.1. The van der Waals surface area contributed by atoms with Gasteiger partial charge < -0.3 is 10.1 Å². The van der Waals surface area contributed by atoms with Crippen LogP contribution in [0.25, 0.3) is 0 Å². The van der Waals surface area contributed by atoms with E-state index in [0.29, 0.717) is 6.54 Å². The number of halogens is 1. The Balaban J connectivity index is 2.04. The second-order valence-corrected chi connectivity index (χ2v) is 5.15.